The molecule has 0 aromatic heterocycles. The van der Waals surface area contributed by atoms with E-state index in [-0.39, 0.29) is 5.97 Å². The van der Waals surface area contributed by atoms with Crippen molar-refractivity contribution in [3.05, 3.63) is 9.66 Å². The number of carbonyl (C=O) groups is 1. The van der Waals surface area contributed by atoms with Crippen LogP contribution in [0.3, 0.4) is 0 Å². The van der Waals surface area contributed by atoms with Gasteiger partial charge in [-0.1, -0.05) is 25.8 Å². The van der Waals surface area contributed by atoms with E-state index in [1.54, 1.807) is 0 Å². The summed E-state index contributed by atoms with van der Waals surface area (Å²) in [7, 11) is 0. The summed E-state index contributed by atoms with van der Waals surface area (Å²) in [6.07, 6.45) is 5.19. The summed E-state index contributed by atoms with van der Waals surface area (Å²) >= 11 is 2.02. The van der Waals surface area contributed by atoms with E-state index >= 15 is 0 Å². The minimum Gasteiger partial charge on any atom is -0.462 e. The van der Waals surface area contributed by atoms with Crippen molar-refractivity contribution >= 4 is 28.6 Å². The quantitative estimate of drug-likeness (QED) is 0.335. The first-order valence-corrected chi connectivity index (χ1v) is 5.33. The highest BCUT2D eigenvalue weighted by molar-refractivity contribution is 14.1. The Morgan fingerprint density at radius 1 is 1.50 bits per heavy atom. The molecule has 0 aliphatic carbocycles. The summed E-state index contributed by atoms with van der Waals surface area (Å²) < 4.78 is 5.52. The second-order valence-electron chi connectivity index (χ2n) is 2.41. The van der Waals surface area contributed by atoms with Gasteiger partial charge in [-0.25, -0.2) is 4.79 Å². The molecule has 0 atom stereocenters. The number of ether oxygens (including phenoxy) is 1. The van der Waals surface area contributed by atoms with E-state index in [0.717, 1.165) is 19.3 Å². The summed E-state index contributed by atoms with van der Waals surface area (Å²) in [5.41, 5.74) is 0. The average Bonchev–Trinajstić information content (AvgIpc) is 2.05. The van der Waals surface area contributed by atoms with E-state index in [2.05, 4.69) is 6.92 Å². The predicted octanol–water partition coefficient (Wildman–Crippen LogP) is 3.06. The number of halogens is 1. The topological polar surface area (TPSA) is 26.3 Å². The molecule has 12 heavy (non-hydrogen) atoms. The zero-order chi connectivity index (χ0) is 9.40. The van der Waals surface area contributed by atoms with E-state index in [1.807, 2.05) is 35.6 Å². The van der Waals surface area contributed by atoms with Crippen molar-refractivity contribution < 1.29 is 9.53 Å². The first kappa shape index (κ1) is 11.9. The maximum absolute atomic E-state index is 11.0. The van der Waals surface area contributed by atoms with Crippen LogP contribution in [0.2, 0.25) is 0 Å². The van der Waals surface area contributed by atoms with E-state index in [4.69, 9.17) is 4.74 Å². The zero-order valence-corrected chi connectivity index (χ0v) is 9.76. The fourth-order valence-electron chi connectivity index (χ4n) is 0.716. The van der Waals surface area contributed by atoms with Crippen LogP contribution in [0, 0.1) is 0 Å². The smallest absolute Gasteiger partial charge is 0.344 e. The van der Waals surface area contributed by atoms with Gasteiger partial charge in [-0.15, -0.1) is 0 Å². The van der Waals surface area contributed by atoms with Crippen molar-refractivity contribution in [1.82, 2.24) is 0 Å². The van der Waals surface area contributed by atoms with Crippen LogP contribution in [0.1, 0.15) is 33.1 Å². The van der Waals surface area contributed by atoms with Crippen LogP contribution in [0.25, 0.3) is 0 Å². The highest BCUT2D eigenvalue weighted by Crippen LogP contribution is 2.10. The van der Waals surface area contributed by atoms with Gasteiger partial charge >= 0.3 is 5.97 Å². The van der Waals surface area contributed by atoms with Gasteiger partial charge in [0, 0.05) is 0 Å². The molecule has 0 bridgehead atoms. The summed E-state index contributed by atoms with van der Waals surface area (Å²) in [6, 6.07) is 0. The minimum absolute atomic E-state index is 0.200. The summed E-state index contributed by atoms with van der Waals surface area (Å²) in [4.78, 5) is 11.0. The molecule has 0 spiro atoms. The van der Waals surface area contributed by atoms with E-state index < -0.39 is 0 Å². The molecule has 0 heterocycles. The van der Waals surface area contributed by atoms with Crippen molar-refractivity contribution in [3.8, 4) is 0 Å². The third-order valence-corrected chi connectivity index (χ3v) is 2.23. The maximum Gasteiger partial charge on any atom is 0.344 e. The fourth-order valence-corrected chi connectivity index (χ4v) is 1.18. The minimum atomic E-state index is -0.200. The van der Waals surface area contributed by atoms with Crippen LogP contribution < -0.4 is 0 Å². The number of rotatable bonds is 5. The van der Waals surface area contributed by atoms with Gasteiger partial charge < -0.3 is 4.74 Å². The first-order chi connectivity index (χ1) is 5.72. The van der Waals surface area contributed by atoms with Crippen molar-refractivity contribution in [2.24, 2.45) is 0 Å². The Hall–Kier alpha value is -0.0600. The van der Waals surface area contributed by atoms with Crippen molar-refractivity contribution in [2.45, 2.75) is 33.1 Å². The average molecular weight is 282 g/mol. The molecule has 0 aliphatic rings. The summed E-state index contributed by atoms with van der Waals surface area (Å²) in [5, 5.41) is 0. The maximum atomic E-state index is 11.0. The highest BCUT2D eigenvalue weighted by Gasteiger charge is 2.04. The molecule has 0 saturated heterocycles. The van der Waals surface area contributed by atoms with E-state index in [1.165, 1.54) is 0 Å². The lowest BCUT2D eigenvalue weighted by molar-refractivity contribution is -0.137. The van der Waals surface area contributed by atoms with Gasteiger partial charge in [-0.3, -0.25) is 0 Å². The zero-order valence-electron chi connectivity index (χ0n) is 7.60. The lowest BCUT2D eigenvalue weighted by Crippen LogP contribution is -2.02. The van der Waals surface area contributed by atoms with E-state index in [9.17, 15) is 4.79 Å². The lowest BCUT2D eigenvalue weighted by Gasteiger charge is -1.99. The van der Waals surface area contributed by atoms with Crippen LogP contribution in [-0.4, -0.2) is 12.6 Å². The number of allylic oxidation sites excluding steroid dienone is 1. The fraction of sp³-hybridized carbons (Fsp3) is 0.667. The second-order valence-corrected chi connectivity index (χ2v) is 3.58. The molecule has 3 heteroatoms. The third-order valence-electron chi connectivity index (χ3n) is 1.35. The number of carbonyl (C=O) groups excluding carboxylic acids is 1. The van der Waals surface area contributed by atoms with Gasteiger partial charge in [-0.2, -0.15) is 0 Å². The molecular weight excluding hydrogens is 267 g/mol. The Bertz CT molecular complexity index is 164. The lowest BCUT2D eigenvalue weighted by atomic mass is 10.2. The van der Waals surface area contributed by atoms with Crippen LogP contribution >= 0.6 is 22.6 Å². The second kappa shape index (κ2) is 7.58. The predicted molar refractivity (Wildman–Crippen MR) is 58.3 cm³/mol. The molecule has 0 N–H and O–H groups in total. The Morgan fingerprint density at radius 3 is 2.67 bits per heavy atom. The molecule has 0 fully saturated rings. The highest BCUT2D eigenvalue weighted by atomic mass is 127. The largest absolute Gasteiger partial charge is 0.462 e. The van der Waals surface area contributed by atoms with Crippen LogP contribution in [-0.2, 0) is 9.53 Å². The molecule has 0 aromatic carbocycles. The van der Waals surface area contributed by atoms with Crippen molar-refractivity contribution in [1.29, 1.82) is 0 Å². The molecular formula is C9H15IO2. The standard InChI is InChI=1S/C9H15IO2/c1-3-5-6-7-8(10)9(11)12-4-2/h7H,3-6H2,1-2H3. The molecule has 0 amide bonds. The monoisotopic (exact) mass is 282 g/mol. The molecule has 0 saturated carbocycles. The van der Waals surface area contributed by atoms with Crippen LogP contribution in [0.5, 0.6) is 0 Å². The molecule has 0 rings (SSSR count). The Morgan fingerprint density at radius 2 is 2.17 bits per heavy atom. The Balaban J connectivity index is 3.74. The van der Waals surface area contributed by atoms with Gasteiger partial charge in [0.05, 0.1) is 10.2 Å². The van der Waals surface area contributed by atoms with Crippen molar-refractivity contribution in [3.63, 3.8) is 0 Å². The van der Waals surface area contributed by atoms with Gasteiger partial charge in [-0.05, 0) is 35.9 Å². The molecule has 0 unspecified atom stereocenters. The molecule has 0 radical (unpaired) electrons. The van der Waals surface area contributed by atoms with Gasteiger partial charge in [0.15, 0.2) is 0 Å². The third kappa shape index (κ3) is 5.57. The molecule has 2 nitrogen and oxygen atoms in total. The normalized spacial score (nSPS) is 11.4. The summed E-state index contributed by atoms with van der Waals surface area (Å²) in [6.45, 7) is 4.39. The Labute approximate surface area is 87.5 Å². The van der Waals surface area contributed by atoms with E-state index in [0.29, 0.717) is 10.2 Å². The molecule has 0 aliphatic heterocycles. The number of hydrogen-bond acceptors (Lipinski definition) is 2. The van der Waals surface area contributed by atoms with Crippen LogP contribution in [0.4, 0.5) is 0 Å². The first-order valence-electron chi connectivity index (χ1n) is 4.25. The van der Waals surface area contributed by atoms with Gasteiger partial charge in [0.2, 0.25) is 0 Å². The van der Waals surface area contributed by atoms with Crippen molar-refractivity contribution in [2.75, 3.05) is 6.61 Å². The number of esters is 1. The van der Waals surface area contributed by atoms with Gasteiger partial charge in [0.1, 0.15) is 0 Å². The van der Waals surface area contributed by atoms with Gasteiger partial charge in [0.25, 0.3) is 0 Å². The van der Waals surface area contributed by atoms with Crippen LogP contribution in [0.15, 0.2) is 9.66 Å². The molecule has 0 aromatic rings. The number of hydrogen-bond donors (Lipinski definition) is 0. The summed E-state index contributed by atoms with van der Waals surface area (Å²) in [5.74, 6) is -0.200. The molecule has 70 valence electrons. The SMILES string of the molecule is CCCCC=C(I)C(=O)OCC. The Kier molecular flexibility index (Phi) is 7.54. The number of unbranched alkanes of at least 4 members (excludes halogenated alkanes) is 2.